The molecule has 7 heteroatoms. The van der Waals surface area contributed by atoms with Gasteiger partial charge in [-0.2, -0.15) is 0 Å². The summed E-state index contributed by atoms with van der Waals surface area (Å²) in [7, 11) is 0. The van der Waals surface area contributed by atoms with Crippen molar-refractivity contribution in [3.05, 3.63) is 65.2 Å². The molecule has 2 aromatic carbocycles. The molecule has 0 bridgehead atoms. The van der Waals surface area contributed by atoms with Crippen LogP contribution < -0.4 is 5.32 Å². The molecule has 1 heterocycles. The van der Waals surface area contributed by atoms with Crippen molar-refractivity contribution in [3.63, 3.8) is 0 Å². The maximum atomic E-state index is 13.8. The molecule has 0 fully saturated rings. The first-order chi connectivity index (χ1) is 13.3. The Morgan fingerprint density at radius 1 is 1.11 bits per heavy atom. The van der Waals surface area contributed by atoms with Gasteiger partial charge in [-0.3, -0.25) is 9.59 Å². The van der Waals surface area contributed by atoms with E-state index in [1.54, 1.807) is 37.3 Å². The van der Waals surface area contributed by atoms with Crippen molar-refractivity contribution in [2.24, 2.45) is 0 Å². The minimum Gasteiger partial charge on any atom is -0.447 e. The number of para-hydroxylation sites is 2. The molecule has 1 aromatic heterocycles. The molecule has 0 radical (unpaired) electrons. The summed E-state index contributed by atoms with van der Waals surface area (Å²) in [6, 6.07) is 10.9. The van der Waals surface area contributed by atoms with E-state index in [9.17, 15) is 18.8 Å². The van der Waals surface area contributed by atoms with Crippen molar-refractivity contribution in [2.75, 3.05) is 5.32 Å². The second-order valence-corrected chi connectivity index (χ2v) is 6.31. The van der Waals surface area contributed by atoms with Crippen molar-refractivity contribution < 1.29 is 27.9 Å². The van der Waals surface area contributed by atoms with Gasteiger partial charge in [-0.15, -0.1) is 0 Å². The molecule has 28 heavy (non-hydrogen) atoms. The number of anilines is 1. The van der Waals surface area contributed by atoms with Crippen molar-refractivity contribution in [1.29, 1.82) is 0 Å². The van der Waals surface area contributed by atoms with E-state index in [4.69, 9.17) is 9.15 Å². The van der Waals surface area contributed by atoms with Crippen molar-refractivity contribution >= 4 is 34.3 Å². The molecule has 0 aliphatic heterocycles. The Labute approximate surface area is 160 Å². The third kappa shape index (κ3) is 3.64. The number of halogens is 1. The zero-order valence-corrected chi connectivity index (χ0v) is 15.5. The van der Waals surface area contributed by atoms with E-state index < -0.39 is 23.8 Å². The second-order valence-electron chi connectivity index (χ2n) is 6.31. The van der Waals surface area contributed by atoms with E-state index >= 15 is 0 Å². The standard InChI is InChI=1S/C21H18FNO5/c1-11-14-8-6-9-16(22)19(14)28-18(11)21(26)27-13(3)20(25)23-17-10-5-4-7-15(17)12(2)24/h4-10,13H,1-3H3,(H,23,25)/t13-/m0/s1. The van der Waals surface area contributed by atoms with Crippen molar-refractivity contribution in [1.82, 2.24) is 0 Å². The Balaban J connectivity index is 1.76. The number of ketones is 1. The summed E-state index contributed by atoms with van der Waals surface area (Å²) in [5.41, 5.74) is 1.05. The maximum Gasteiger partial charge on any atom is 0.375 e. The minimum absolute atomic E-state index is 0.0422. The molecular formula is C21H18FNO5. The predicted molar refractivity (Wildman–Crippen MR) is 101 cm³/mol. The summed E-state index contributed by atoms with van der Waals surface area (Å²) in [5.74, 6) is -2.45. The molecule has 144 valence electrons. The summed E-state index contributed by atoms with van der Waals surface area (Å²) in [5, 5.41) is 3.03. The fourth-order valence-electron chi connectivity index (χ4n) is 2.80. The minimum atomic E-state index is -1.16. The Kier molecular flexibility index (Phi) is 5.26. The smallest absolute Gasteiger partial charge is 0.375 e. The van der Waals surface area contributed by atoms with E-state index in [0.29, 0.717) is 22.2 Å². The molecule has 1 amide bonds. The number of ether oxygens (including phenoxy) is 1. The SMILES string of the molecule is CC(=O)c1ccccc1NC(=O)[C@H](C)OC(=O)c1oc2c(F)cccc2c1C. The van der Waals surface area contributed by atoms with Crippen molar-refractivity contribution in [2.45, 2.75) is 26.9 Å². The highest BCUT2D eigenvalue weighted by molar-refractivity contribution is 6.05. The maximum absolute atomic E-state index is 13.8. The zero-order chi connectivity index (χ0) is 20.4. The number of hydrogen-bond acceptors (Lipinski definition) is 5. The molecule has 6 nitrogen and oxygen atoms in total. The molecule has 0 saturated carbocycles. The van der Waals surface area contributed by atoms with Crippen LogP contribution >= 0.6 is 0 Å². The lowest BCUT2D eigenvalue weighted by Gasteiger charge is -2.14. The third-order valence-electron chi connectivity index (χ3n) is 4.32. The summed E-state index contributed by atoms with van der Waals surface area (Å²) >= 11 is 0. The fraction of sp³-hybridized carbons (Fsp3) is 0.190. The number of carbonyl (C=O) groups is 3. The first kappa shape index (κ1) is 19.3. The largest absolute Gasteiger partial charge is 0.447 e. The highest BCUT2D eigenvalue weighted by Gasteiger charge is 2.25. The highest BCUT2D eigenvalue weighted by Crippen LogP contribution is 2.28. The van der Waals surface area contributed by atoms with E-state index in [1.807, 2.05) is 0 Å². The summed E-state index contributed by atoms with van der Waals surface area (Å²) in [6.45, 7) is 4.38. The van der Waals surface area contributed by atoms with Crippen LogP contribution in [0.15, 0.2) is 46.9 Å². The molecule has 3 aromatic rings. The number of fused-ring (bicyclic) bond motifs is 1. The number of aryl methyl sites for hydroxylation is 1. The van der Waals surface area contributed by atoms with Gasteiger partial charge in [-0.25, -0.2) is 9.18 Å². The lowest BCUT2D eigenvalue weighted by Crippen LogP contribution is -2.30. The number of nitrogens with one attached hydrogen (secondary N) is 1. The zero-order valence-electron chi connectivity index (χ0n) is 15.5. The Bertz CT molecular complexity index is 1090. The van der Waals surface area contributed by atoms with Crippen LogP contribution in [0.5, 0.6) is 0 Å². The summed E-state index contributed by atoms with van der Waals surface area (Å²) < 4.78 is 24.3. The molecule has 0 aliphatic rings. The van der Waals surface area contributed by atoms with Crippen LogP contribution in [0.3, 0.4) is 0 Å². The highest BCUT2D eigenvalue weighted by atomic mass is 19.1. The van der Waals surface area contributed by atoms with Gasteiger partial charge >= 0.3 is 5.97 Å². The van der Waals surface area contributed by atoms with Gasteiger partial charge in [0.2, 0.25) is 5.76 Å². The van der Waals surface area contributed by atoms with Gasteiger partial charge < -0.3 is 14.5 Å². The van der Waals surface area contributed by atoms with E-state index in [-0.39, 0.29) is 17.1 Å². The van der Waals surface area contributed by atoms with Gasteiger partial charge in [0.05, 0.1) is 5.69 Å². The van der Waals surface area contributed by atoms with Gasteiger partial charge in [-0.1, -0.05) is 24.3 Å². The molecular weight excluding hydrogens is 365 g/mol. The number of esters is 1. The molecule has 0 spiro atoms. The second kappa shape index (κ2) is 7.64. The van der Waals surface area contributed by atoms with Gasteiger partial charge in [0.25, 0.3) is 5.91 Å². The number of hydrogen-bond donors (Lipinski definition) is 1. The monoisotopic (exact) mass is 383 g/mol. The molecule has 0 unspecified atom stereocenters. The van der Waals surface area contributed by atoms with Crippen LogP contribution in [0.1, 0.15) is 40.3 Å². The summed E-state index contributed by atoms with van der Waals surface area (Å²) in [4.78, 5) is 36.4. The fourth-order valence-corrected chi connectivity index (χ4v) is 2.80. The molecule has 3 rings (SSSR count). The number of carbonyl (C=O) groups excluding carboxylic acids is 3. The average Bonchev–Trinajstić information content (AvgIpc) is 3.00. The lowest BCUT2D eigenvalue weighted by atomic mass is 10.1. The van der Waals surface area contributed by atoms with Crippen LogP contribution in [0.25, 0.3) is 11.0 Å². The predicted octanol–water partition coefficient (Wildman–Crippen LogP) is 4.27. The number of benzene rings is 2. The Hall–Kier alpha value is -3.48. The Morgan fingerprint density at radius 3 is 2.50 bits per heavy atom. The number of Topliss-reactive ketones (excluding diaryl/α,β-unsaturated/α-hetero) is 1. The van der Waals surface area contributed by atoms with Crippen molar-refractivity contribution in [3.8, 4) is 0 Å². The number of rotatable bonds is 5. The van der Waals surface area contributed by atoms with Crippen LogP contribution in [0.2, 0.25) is 0 Å². The molecule has 0 aliphatic carbocycles. The first-order valence-electron chi connectivity index (χ1n) is 8.59. The van der Waals surface area contributed by atoms with Crippen LogP contribution in [0, 0.1) is 12.7 Å². The lowest BCUT2D eigenvalue weighted by molar-refractivity contribution is -0.123. The van der Waals surface area contributed by atoms with E-state index in [0.717, 1.165) is 0 Å². The molecule has 0 saturated heterocycles. The Morgan fingerprint density at radius 2 is 1.82 bits per heavy atom. The van der Waals surface area contributed by atoms with Crippen LogP contribution in [-0.2, 0) is 9.53 Å². The number of furan rings is 1. The average molecular weight is 383 g/mol. The van der Waals surface area contributed by atoms with Crippen LogP contribution in [0.4, 0.5) is 10.1 Å². The summed E-state index contributed by atoms with van der Waals surface area (Å²) in [6.07, 6.45) is -1.16. The molecule has 1 atom stereocenters. The van der Waals surface area contributed by atoms with E-state index in [2.05, 4.69) is 5.32 Å². The van der Waals surface area contributed by atoms with Gasteiger partial charge in [-0.05, 0) is 39.0 Å². The van der Waals surface area contributed by atoms with Crippen LogP contribution in [-0.4, -0.2) is 23.8 Å². The molecule has 1 N–H and O–H groups in total. The van der Waals surface area contributed by atoms with Gasteiger partial charge in [0.15, 0.2) is 23.3 Å². The van der Waals surface area contributed by atoms with Gasteiger partial charge in [0, 0.05) is 16.5 Å². The van der Waals surface area contributed by atoms with Gasteiger partial charge in [0.1, 0.15) is 0 Å². The topological polar surface area (TPSA) is 85.6 Å². The quantitative estimate of drug-likeness (QED) is 0.525. The van der Waals surface area contributed by atoms with E-state index in [1.165, 1.54) is 26.0 Å². The normalized spacial score (nSPS) is 11.9. The first-order valence-corrected chi connectivity index (χ1v) is 8.59. The number of amides is 1. The third-order valence-corrected chi connectivity index (χ3v) is 4.32.